The number of carbonyl (C=O) groups excluding carboxylic acids is 1. The Hall–Kier alpha value is -1.25. The molecule has 0 aliphatic heterocycles. The van der Waals surface area contributed by atoms with E-state index in [2.05, 4.69) is 5.32 Å². The van der Waals surface area contributed by atoms with Crippen molar-refractivity contribution in [2.24, 2.45) is 0 Å². The Morgan fingerprint density at radius 1 is 1.50 bits per heavy atom. The normalized spacial score (nSPS) is 10.8. The van der Waals surface area contributed by atoms with Gasteiger partial charge in [0.2, 0.25) is 0 Å². The van der Waals surface area contributed by atoms with Crippen molar-refractivity contribution in [1.82, 2.24) is 5.32 Å². The van der Waals surface area contributed by atoms with Crippen LogP contribution >= 0.6 is 0 Å². The summed E-state index contributed by atoms with van der Waals surface area (Å²) in [5, 5.41) is 2.46. The number of hydrogen-bond donors (Lipinski definition) is 1. The summed E-state index contributed by atoms with van der Waals surface area (Å²) in [5.41, 5.74) is 0. The molecule has 0 unspecified atom stereocenters. The third kappa shape index (κ3) is 6.86. The predicted molar refractivity (Wildman–Crippen MR) is 48.7 cm³/mol. The van der Waals surface area contributed by atoms with Gasteiger partial charge in [-0.3, -0.25) is 5.32 Å². The summed E-state index contributed by atoms with van der Waals surface area (Å²) in [6.07, 6.45) is 7.39. The van der Waals surface area contributed by atoms with Gasteiger partial charge in [0.25, 0.3) is 0 Å². The SMILES string of the molecule is C/C=C/C=C/NC(=O)OCCC. The minimum absolute atomic E-state index is 0.405. The van der Waals surface area contributed by atoms with Gasteiger partial charge in [-0.2, -0.15) is 0 Å². The van der Waals surface area contributed by atoms with Crippen LogP contribution in [-0.4, -0.2) is 12.7 Å². The van der Waals surface area contributed by atoms with Gasteiger partial charge in [-0.25, -0.2) is 4.79 Å². The minimum atomic E-state index is -0.405. The lowest BCUT2D eigenvalue weighted by Crippen LogP contribution is -2.18. The summed E-state index contributed by atoms with van der Waals surface area (Å²) in [6.45, 7) is 4.31. The van der Waals surface area contributed by atoms with Crippen molar-refractivity contribution in [2.45, 2.75) is 20.3 Å². The van der Waals surface area contributed by atoms with Crippen LogP contribution in [0.1, 0.15) is 20.3 Å². The molecule has 0 aromatic heterocycles. The van der Waals surface area contributed by atoms with E-state index in [0.717, 1.165) is 6.42 Å². The first-order chi connectivity index (χ1) is 5.81. The Labute approximate surface area is 73.1 Å². The van der Waals surface area contributed by atoms with Gasteiger partial charge in [-0.15, -0.1) is 0 Å². The molecule has 0 rings (SSSR count). The number of amides is 1. The molecule has 0 aliphatic carbocycles. The lowest BCUT2D eigenvalue weighted by Gasteiger charge is -1.99. The van der Waals surface area contributed by atoms with E-state index in [9.17, 15) is 4.79 Å². The molecule has 0 aromatic carbocycles. The number of carbonyl (C=O) groups is 1. The van der Waals surface area contributed by atoms with E-state index >= 15 is 0 Å². The third-order valence-electron chi connectivity index (χ3n) is 1.04. The van der Waals surface area contributed by atoms with Crippen molar-refractivity contribution < 1.29 is 9.53 Å². The number of nitrogens with one attached hydrogen (secondary N) is 1. The number of alkyl carbamates (subject to hydrolysis) is 1. The highest BCUT2D eigenvalue weighted by Gasteiger charge is 1.94. The van der Waals surface area contributed by atoms with Crippen LogP contribution in [0.5, 0.6) is 0 Å². The highest BCUT2D eigenvalue weighted by atomic mass is 16.5. The number of rotatable bonds is 4. The lowest BCUT2D eigenvalue weighted by molar-refractivity contribution is 0.150. The molecule has 0 saturated heterocycles. The van der Waals surface area contributed by atoms with Crippen LogP contribution in [-0.2, 0) is 4.74 Å². The standard InChI is InChI=1S/C9H15NO2/c1-3-5-6-7-10-9(11)12-8-4-2/h3,5-7H,4,8H2,1-2H3,(H,10,11)/b5-3+,7-6+. The lowest BCUT2D eigenvalue weighted by atomic mass is 10.5. The van der Waals surface area contributed by atoms with Crippen LogP contribution in [0.3, 0.4) is 0 Å². The topological polar surface area (TPSA) is 38.3 Å². The molecular formula is C9H15NO2. The fourth-order valence-electron chi connectivity index (χ4n) is 0.519. The summed E-state index contributed by atoms with van der Waals surface area (Å²) in [7, 11) is 0. The fraction of sp³-hybridized carbons (Fsp3) is 0.444. The van der Waals surface area contributed by atoms with Gasteiger partial charge >= 0.3 is 6.09 Å². The molecule has 1 amide bonds. The van der Waals surface area contributed by atoms with Crippen molar-refractivity contribution >= 4 is 6.09 Å². The maximum absolute atomic E-state index is 10.8. The average Bonchev–Trinajstić information content (AvgIpc) is 2.09. The van der Waals surface area contributed by atoms with Crippen LogP contribution < -0.4 is 5.32 Å². The molecule has 3 nitrogen and oxygen atoms in total. The molecule has 0 aliphatic rings. The van der Waals surface area contributed by atoms with Crippen LogP contribution in [0.15, 0.2) is 24.4 Å². The molecule has 0 atom stereocenters. The third-order valence-corrected chi connectivity index (χ3v) is 1.04. The molecule has 1 N–H and O–H groups in total. The monoisotopic (exact) mass is 169 g/mol. The highest BCUT2D eigenvalue weighted by molar-refractivity contribution is 5.68. The maximum atomic E-state index is 10.8. The van der Waals surface area contributed by atoms with E-state index in [0.29, 0.717) is 6.61 Å². The van der Waals surface area contributed by atoms with Crippen LogP contribution in [0.25, 0.3) is 0 Å². The van der Waals surface area contributed by atoms with Crippen molar-refractivity contribution in [1.29, 1.82) is 0 Å². The van der Waals surface area contributed by atoms with Crippen molar-refractivity contribution in [3.8, 4) is 0 Å². The first kappa shape index (κ1) is 10.8. The zero-order valence-electron chi connectivity index (χ0n) is 7.54. The molecule has 68 valence electrons. The molecule has 0 saturated carbocycles. The van der Waals surface area contributed by atoms with Gasteiger partial charge in [0, 0.05) is 6.20 Å². The van der Waals surface area contributed by atoms with Gasteiger partial charge in [-0.1, -0.05) is 19.1 Å². The van der Waals surface area contributed by atoms with E-state index in [1.54, 1.807) is 6.08 Å². The van der Waals surface area contributed by atoms with Crippen molar-refractivity contribution in [3.63, 3.8) is 0 Å². The quantitative estimate of drug-likeness (QED) is 0.655. The smallest absolute Gasteiger partial charge is 0.411 e. The van der Waals surface area contributed by atoms with Gasteiger partial charge in [-0.05, 0) is 19.4 Å². The Bertz CT molecular complexity index is 173. The molecule has 12 heavy (non-hydrogen) atoms. The van der Waals surface area contributed by atoms with E-state index in [-0.39, 0.29) is 0 Å². The second-order valence-electron chi connectivity index (χ2n) is 2.17. The van der Waals surface area contributed by atoms with Crippen LogP contribution in [0.2, 0.25) is 0 Å². The molecule has 0 aromatic rings. The molecule has 0 radical (unpaired) electrons. The van der Waals surface area contributed by atoms with Crippen LogP contribution in [0, 0.1) is 0 Å². The van der Waals surface area contributed by atoms with E-state index < -0.39 is 6.09 Å². The first-order valence-electron chi connectivity index (χ1n) is 4.02. The summed E-state index contributed by atoms with van der Waals surface area (Å²) in [6, 6.07) is 0. The van der Waals surface area contributed by atoms with E-state index in [4.69, 9.17) is 4.74 Å². The van der Waals surface area contributed by atoms with E-state index in [1.165, 1.54) is 6.20 Å². The molecule has 0 fully saturated rings. The number of ether oxygens (including phenoxy) is 1. The first-order valence-corrected chi connectivity index (χ1v) is 4.02. The zero-order chi connectivity index (χ0) is 9.23. The van der Waals surface area contributed by atoms with E-state index in [1.807, 2.05) is 26.0 Å². The fourth-order valence-corrected chi connectivity index (χ4v) is 0.519. The van der Waals surface area contributed by atoms with Crippen LogP contribution in [0.4, 0.5) is 4.79 Å². The summed E-state index contributed by atoms with van der Waals surface area (Å²) in [5.74, 6) is 0. The predicted octanol–water partition coefficient (Wildman–Crippen LogP) is 2.21. The van der Waals surface area contributed by atoms with Crippen molar-refractivity contribution in [3.05, 3.63) is 24.4 Å². The summed E-state index contributed by atoms with van der Waals surface area (Å²) >= 11 is 0. The molecule has 0 bridgehead atoms. The Morgan fingerprint density at radius 3 is 2.83 bits per heavy atom. The molecule has 0 heterocycles. The highest BCUT2D eigenvalue weighted by Crippen LogP contribution is 1.82. The van der Waals surface area contributed by atoms with Gasteiger partial charge in [0.15, 0.2) is 0 Å². The maximum Gasteiger partial charge on any atom is 0.411 e. The molecule has 0 spiro atoms. The molecule has 3 heteroatoms. The summed E-state index contributed by atoms with van der Waals surface area (Å²) in [4.78, 5) is 10.8. The largest absolute Gasteiger partial charge is 0.449 e. The minimum Gasteiger partial charge on any atom is -0.449 e. The Morgan fingerprint density at radius 2 is 2.25 bits per heavy atom. The average molecular weight is 169 g/mol. The Kier molecular flexibility index (Phi) is 7.03. The number of allylic oxidation sites excluding steroid dienone is 3. The van der Waals surface area contributed by atoms with Gasteiger partial charge in [0.05, 0.1) is 6.61 Å². The summed E-state index contributed by atoms with van der Waals surface area (Å²) < 4.78 is 4.75. The Balaban J connectivity index is 3.43. The second kappa shape index (κ2) is 7.85. The second-order valence-corrected chi connectivity index (χ2v) is 2.17. The number of hydrogen-bond acceptors (Lipinski definition) is 2. The zero-order valence-corrected chi connectivity index (χ0v) is 7.54. The van der Waals surface area contributed by atoms with Crippen molar-refractivity contribution in [2.75, 3.05) is 6.61 Å². The van der Waals surface area contributed by atoms with Gasteiger partial charge < -0.3 is 4.74 Å². The van der Waals surface area contributed by atoms with Gasteiger partial charge in [0.1, 0.15) is 0 Å². The molecular weight excluding hydrogens is 154 g/mol.